The third-order valence-electron chi connectivity index (χ3n) is 3.73. The minimum atomic E-state index is -0.163. The summed E-state index contributed by atoms with van der Waals surface area (Å²) in [6, 6.07) is 16.1. The van der Waals surface area contributed by atoms with Crippen LogP contribution in [0.4, 0.5) is 5.13 Å². The predicted molar refractivity (Wildman–Crippen MR) is 102 cm³/mol. The second-order valence-electron chi connectivity index (χ2n) is 5.66. The van der Waals surface area contributed by atoms with Crippen molar-refractivity contribution in [3.8, 4) is 0 Å². The smallest absolute Gasteiger partial charge is 0.250 e. The SMILES string of the molecule is CCCCc1ccc2nc(NC(=O)C=Cc3ccccc3)sc2c1. The molecule has 1 heterocycles. The standard InChI is InChI=1S/C20H20N2OS/c1-2-3-7-16-10-12-17-18(14-16)24-20(21-17)22-19(23)13-11-15-8-5-4-6-9-15/h4-6,8-14H,2-3,7H2,1H3,(H,21,22,23). The van der Waals surface area contributed by atoms with Crippen LogP contribution < -0.4 is 5.32 Å². The molecule has 3 rings (SSSR count). The van der Waals surface area contributed by atoms with E-state index in [9.17, 15) is 4.79 Å². The minimum absolute atomic E-state index is 0.163. The molecule has 24 heavy (non-hydrogen) atoms. The van der Waals surface area contributed by atoms with Crippen LogP contribution in [0.2, 0.25) is 0 Å². The number of thiazole rings is 1. The Bertz CT molecular complexity index is 852. The van der Waals surface area contributed by atoms with Crippen LogP contribution >= 0.6 is 11.3 Å². The van der Waals surface area contributed by atoms with Crippen molar-refractivity contribution < 1.29 is 4.79 Å². The fraction of sp³-hybridized carbons (Fsp3) is 0.200. The molecular formula is C20H20N2OS. The molecule has 0 atom stereocenters. The van der Waals surface area contributed by atoms with E-state index in [1.54, 1.807) is 6.08 Å². The summed E-state index contributed by atoms with van der Waals surface area (Å²) >= 11 is 1.52. The average Bonchev–Trinajstić information content (AvgIpc) is 3.00. The van der Waals surface area contributed by atoms with Crippen LogP contribution in [-0.2, 0) is 11.2 Å². The quantitative estimate of drug-likeness (QED) is 0.621. The van der Waals surface area contributed by atoms with Crippen molar-refractivity contribution in [3.63, 3.8) is 0 Å². The van der Waals surface area contributed by atoms with Gasteiger partial charge in [0.2, 0.25) is 5.91 Å². The van der Waals surface area contributed by atoms with Gasteiger partial charge in [0, 0.05) is 6.08 Å². The summed E-state index contributed by atoms with van der Waals surface area (Å²) < 4.78 is 1.12. The number of fused-ring (bicyclic) bond motifs is 1. The van der Waals surface area contributed by atoms with E-state index >= 15 is 0 Å². The highest BCUT2D eigenvalue weighted by atomic mass is 32.1. The molecule has 0 bridgehead atoms. The first-order valence-electron chi connectivity index (χ1n) is 8.18. The Hall–Kier alpha value is -2.46. The van der Waals surface area contributed by atoms with E-state index in [0.717, 1.165) is 22.2 Å². The molecule has 0 aliphatic heterocycles. The molecule has 0 aliphatic carbocycles. The van der Waals surface area contributed by atoms with Crippen LogP contribution in [0.5, 0.6) is 0 Å². The van der Waals surface area contributed by atoms with Crippen LogP contribution in [-0.4, -0.2) is 10.9 Å². The van der Waals surface area contributed by atoms with E-state index in [1.165, 1.54) is 35.8 Å². The maximum atomic E-state index is 12.0. The van der Waals surface area contributed by atoms with Crippen molar-refractivity contribution in [3.05, 3.63) is 65.7 Å². The number of benzene rings is 2. The lowest BCUT2D eigenvalue weighted by atomic mass is 10.1. The maximum Gasteiger partial charge on any atom is 0.250 e. The number of hydrogen-bond donors (Lipinski definition) is 1. The van der Waals surface area contributed by atoms with Gasteiger partial charge >= 0.3 is 0 Å². The van der Waals surface area contributed by atoms with Gasteiger partial charge in [0.25, 0.3) is 0 Å². The molecule has 0 saturated heterocycles. The van der Waals surface area contributed by atoms with Gasteiger partial charge in [-0.1, -0.05) is 61.1 Å². The van der Waals surface area contributed by atoms with Gasteiger partial charge in [-0.3, -0.25) is 10.1 Å². The van der Waals surface area contributed by atoms with E-state index in [1.807, 2.05) is 36.4 Å². The highest BCUT2D eigenvalue weighted by molar-refractivity contribution is 7.22. The lowest BCUT2D eigenvalue weighted by Crippen LogP contribution is -2.07. The van der Waals surface area contributed by atoms with Crippen molar-refractivity contribution >= 4 is 38.7 Å². The molecule has 0 aliphatic rings. The number of unbranched alkanes of at least 4 members (excludes halogenated alkanes) is 1. The zero-order valence-electron chi connectivity index (χ0n) is 13.7. The van der Waals surface area contributed by atoms with Crippen LogP contribution in [0.25, 0.3) is 16.3 Å². The number of carbonyl (C=O) groups is 1. The Kier molecular flexibility index (Phi) is 5.39. The van der Waals surface area contributed by atoms with Crippen molar-refractivity contribution in [1.82, 2.24) is 4.98 Å². The minimum Gasteiger partial charge on any atom is -0.298 e. The number of anilines is 1. The largest absolute Gasteiger partial charge is 0.298 e. The summed E-state index contributed by atoms with van der Waals surface area (Å²) in [7, 11) is 0. The molecule has 122 valence electrons. The van der Waals surface area contributed by atoms with E-state index in [4.69, 9.17) is 0 Å². The topological polar surface area (TPSA) is 42.0 Å². The summed E-state index contributed by atoms with van der Waals surface area (Å²) in [6.07, 6.45) is 6.80. The number of carbonyl (C=O) groups excluding carboxylic acids is 1. The van der Waals surface area contributed by atoms with Gasteiger partial charge in [0.15, 0.2) is 5.13 Å². The normalized spacial score (nSPS) is 11.2. The van der Waals surface area contributed by atoms with Crippen LogP contribution in [0, 0.1) is 0 Å². The lowest BCUT2D eigenvalue weighted by Gasteiger charge is -1.98. The summed E-state index contributed by atoms with van der Waals surface area (Å²) in [6.45, 7) is 2.20. The number of amides is 1. The monoisotopic (exact) mass is 336 g/mol. The number of nitrogens with zero attached hydrogens (tertiary/aromatic N) is 1. The van der Waals surface area contributed by atoms with Crippen molar-refractivity contribution in [2.45, 2.75) is 26.2 Å². The molecule has 0 spiro atoms. The van der Waals surface area contributed by atoms with E-state index in [2.05, 4.69) is 29.4 Å². The third kappa shape index (κ3) is 4.30. The Morgan fingerprint density at radius 1 is 1.21 bits per heavy atom. The second-order valence-corrected chi connectivity index (χ2v) is 6.69. The molecule has 3 aromatic rings. The average molecular weight is 336 g/mol. The number of hydrogen-bond acceptors (Lipinski definition) is 3. The van der Waals surface area contributed by atoms with E-state index in [-0.39, 0.29) is 5.91 Å². The molecule has 0 saturated carbocycles. The Balaban J connectivity index is 1.68. The molecule has 4 heteroatoms. The molecule has 1 aromatic heterocycles. The molecular weight excluding hydrogens is 316 g/mol. The van der Waals surface area contributed by atoms with Crippen LogP contribution in [0.15, 0.2) is 54.6 Å². The summed E-state index contributed by atoms with van der Waals surface area (Å²) in [5.74, 6) is -0.163. The molecule has 2 aromatic carbocycles. The predicted octanol–water partition coefficient (Wildman–Crippen LogP) is 5.29. The van der Waals surface area contributed by atoms with E-state index in [0.29, 0.717) is 5.13 Å². The van der Waals surface area contributed by atoms with Gasteiger partial charge in [-0.05, 0) is 42.2 Å². The maximum absolute atomic E-state index is 12.0. The first-order chi connectivity index (χ1) is 11.7. The highest BCUT2D eigenvalue weighted by Gasteiger charge is 2.06. The molecule has 0 unspecified atom stereocenters. The molecule has 0 fully saturated rings. The Morgan fingerprint density at radius 2 is 2.04 bits per heavy atom. The first-order valence-corrected chi connectivity index (χ1v) is 9.00. The number of aromatic nitrogens is 1. The van der Waals surface area contributed by atoms with Crippen molar-refractivity contribution in [1.29, 1.82) is 0 Å². The van der Waals surface area contributed by atoms with Gasteiger partial charge in [-0.25, -0.2) is 4.98 Å². The van der Waals surface area contributed by atoms with Gasteiger partial charge in [-0.15, -0.1) is 0 Å². The number of aryl methyl sites for hydroxylation is 1. The summed E-state index contributed by atoms with van der Waals surface area (Å²) in [5, 5.41) is 3.49. The number of rotatable bonds is 6. The van der Waals surface area contributed by atoms with Crippen molar-refractivity contribution in [2.75, 3.05) is 5.32 Å². The Morgan fingerprint density at radius 3 is 2.83 bits per heavy atom. The van der Waals surface area contributed by atoms with Gasteiger partial charge in [-0.2, -0.15) is 0 Å². The van der Waals surface area contributed by atoms with Gasteiger partial charge in [0.1, 0.15) is 0 Å². The Labute approximate surface area is 146 Å². The molecule has 3 nitrogen and oxygen atoms in total. The molecule has 0 radical (unpaired) electrons. The summed E-state index contributed by atoms with van der Waals surface area (Å²) in [5.41, 5.74) is 3.26. The van der Waals surface area contributed by atoms with Crippen molar-refractivity contribution in [2.24, 2.45) is 0 Å². The molecule has 1 amide bonds. The second kappa shape index (κ2) is 7.88. The zero-order chi connectivity index (χ0) is 16.8. The molecule has 1 N–H and O–H groups in total. The lowest BCUT2D eigenvalue weighted by molar-refractivity contribution is -0.111. The van der Waals surface area contributed by atoms with Crippen LogP contribution in [0.1, 0.15) is 30.9 Å². The fourth-order valence-electron chi connectivity index (χ4n) is 2.44. The summed E-state index contributed by atoms with van der Waals surface area (Å²) in [4.78, 5) is 16.5. The highest BCUT2D eigenvalue weighted by Crippen LogP contribution is 2.27. The van der Waals surface area contributed by atoms with E-state index < -0.39 is 0 Å². The number of nitrogens with one attached hydrogen (secondary N) is 1. The fourth-order valence-corrected chi connectivity index (χ4v) is 3.37. The van der Waals surface area contributed by atoms with Crippen LogP contribution in [0.3, 0.4) is 0 Å². The van der Waals surface area contributed by atoms with Gasteiger partial charge in [0.05, 0.1) is 10.2 Å². The third-order valence-corrected chi connectivity index (χ3v) is 4.66. The zero-order valence-corrected chi connectivity index (χ0v) is 14.5. The van der Waals surface area contributed by atoms with Gasteiger partial charge < -0.3 is 0 Å². The first kappa shape index (κ1) is 16.4.